The molecule has 8 nitrogen and oxygen atoms in total. The maximum absolute atomic E-state index is 12.7. The maximum atomic E-state index is 12.7. The lowest BCUT2D eigenvalue weighted by Crippen LogP contribution is -2.31. The molecule has 32 heavy (non-hydrogen) atoms. The second kappa shape index (κ2) is 8.72. The summed E-state index contributed by atoms with van der Waals surface area (Å²) in [5.41, 5.74) is 1.25. The Bertz CT molecular complexity index is 1380. The topological polar surface area (TPSA) is 118 Å². The van der Waals surface area contributed by atoms with Gasteiger partial charge in [-0.3, -0.25) is 24.3 Å². The molecule has 162 valence electrons. The lowest BCUT2D eigenvalue weighted by atomic mass is 10.1. The van der Waals surface area contributed by atoms with Gasteiger partial charge in [-0.2, -0.15) is 0 Å². The number of benzene rings is 2. The molecule has 4 rings (SSSR count). The van der Waals surface area contributed by atoms with Crippen molar-refractivity contribution in [3.05, 3.63) is 88.7 Å². The third kappa shape index (κ3) is 4.57. The van der Waals surface area contributed by atoms with E-state index >= 15 is 0 Å². The standard InChI is InChI=1S/C23H20N4O4S/c1-15(28)19-4-2-3-5-21(19)27-32(30,31)18-8-6-16(7-9-18)13-25-23(29)22-12-17-14-24-11-10-20(17)26-22/h2-12,14,22,27H,13H2,1H3,(H,25,29). The quantitative estimate of drug-likeness (QED) is 0.527. The van der Waals surface area contributed by atoms with Crippen molar-refractivity contribution in [1.29, 1.82) is 0 Å². The highest BCUT2D eigenvalue weighted by Gasteiger charge is 2.19. The minimum Gasteiger partial charge on any atom is -0.350 e. The largest absolute Gasteiger partial charge is 0.350 e. The highest BCUT2D eigenvalue weighted by atomic mass is 32.2. The van der Waals surface area contributed by atoms with Gasteiger partial charge in [-0.25, -0.2) is 8.42 Å². The molecule has 1 aliphatic rings. The number of hydrogen-bond acceptors (Lipinski definition) is 6. The third-order valence-corrected chi connectivity index (χ3v) is 6.34. The number of pyridine rings is 1. The fraction of sp³-hybridized carbons (Fsp3) is 0.130. The van der Waals surface area contributed by atoms with E-state index in [0.29, 0.717) is 5.56 Å². The number of rotatable bonds is 7. The first-order valence-corrected chi connectivity index (χ1v) is 11.3. The Hall–Kier alpha value is -3.85. The van der Waals surface area contributed by atoms with Gasteiger partial charge in [0.15, 0.2) is 5.78 Å². The Morgan fingerprint density at radius 3 is 2.50 bits per heavy atom. The molecule has 0 aliphatic carbocycles. The zero-order chi connectivity index (χ0) is 22.7. The molecule has 0 fully saturated rings. The number of para-hydroxylation sites is 1. The van der Waals surface area contributed by atoms with Crippen LogP contribution in [0.2, 0.25) is 0 Å². The van der Waals surface area contributed by atoms with Crippen molar-refractivity contribution in [2.75, 3.05) is 4.72 Å². The van der Waals surface area contributed by atoms with Crippen LogP contribution in [-0.2, 0) is 21.4 Å². The second-order valence-corrected chi connectivity index (χ2v) is 8.93. The van der Waals surface area contributed by atoms with E-state index in [1.165, 1.54) is 25.1 Å². The Morgan fingerprint density at radius 1 is 1.03 bits per heavy atom. The molecular weight excluding hydrogens is 428 g/mol. The van der Waals surface area contributed by atoms with E-state index in [9.17, 15) is 18.0 Å². The number of anilines is 1. The zero-order valence-electron chi connectivity index (χ0n) is 17.1. The van der Waals surface area contributed by atoms with Crippen molar-refractivity contribution >= 4 is 33.5 Å². The zero-order valence-corrected chi connectivity index (χ0v) is 18.0. The van der Waals surface area contributed by atoms with Gasteiger partial charge in [-0.05, 0) is 48.9 Å². The van der Waals surface area contributed by atoms with Gasteiger partial charge in [-0.1, -0.05) is 24.3 Å². The normalized spacial score (nSPS) is 14.6. The lowest BCUT2D eigenvalue weighted by Gasteiger charge is -2.12. The minimum absolute atomic E-state index is 0.0491. The highest BCUT2D eigenvalue weighted by molar-refractivity contribution is 7.92. The fourth-order valence-electron chi connectivity index (χ4n) is 3.30. The molecular formula is C23H20N4O4S. The predicted molar refractivity (Wildman–Crippen MR) is 119 cm³/mol. The van der Waals surface area contributed by atoms with Crippen molar-refractivity contribution < 1.29 is 18.0 Å². The first-order valence-electron chi connectivity index (χ1n) is 9.83. The number of amides is 1. The van der Waals surface area contributed by atoms with Gasteiger partial charge in [0, 0.05) is 29.7 Å². The smallest absolute Gasteiger partial charge is 0.261 e. The summed E-state index contributed by atoms with van der Waals surface area (Å²) in [6.07, 6.45) is 5.03. The van der Waals surface area contributed by atoms with Crippen LogP contribution in [0.3, 0.4) is 0 Å². The molecule has 3 aromatic rings. The van der Waals surface area contributed by atoms with Gasteiger partial charge in [0.2, 0.25) is 5.91 Å². The highest BCUT2D eigenvalue weighted by Crippen LogP contribution is 2.21. The van der Waals surface area contributed by atoms with E-state index in [4.69, 9.17) is 0 Å². The first-order chi connectivity index (χ1) is 15.3. The molecule has 1 aromatic heterocycles. The summed E-state index contributed by atoms with van der Waals surface area (Å²) >= 11 is 0. The average molecular weight is 449 g/mol. The van der Waals surface area contributed by atoms with Crippen LogP contribution in [0.5, 0.6) is 0 Å². The monoisotopic (exact) mass is 448 g/mol. The Balaban J connectivity index is 1.41. The lowest BCUT2D eigenvalue weighted by molar-refractivity contribution is -0.121. The number of nitrogens with zero attached hydrogens (tertiary/aromatic N) is 2. The van der Waals surface area contributed by atoms with E-state index < -0.39 is 16.1 Å². The van der Waals surface area contributed by atoms with Crippen LogP contribution in [0, 0.1) is 0 Å². The number of aromatic nitrogens is 1. The molecule has 0 spiro atoms. The summed E-state index contributed by atoms with van der Waals surface area (Å²) in [4.78, 5) is 32.6. The summed E-state index contributed by atoms with van der Waals surface area (Å²) in [6.45, 7) is 1.61. The summed E-state index contributed by atoms with van der Waals surface area (Å²) < 4.78 is 27.9. The molecule has 0 radical (unpaired) electrons. The van der Waals surface area contributed by atoms with E-state index in [1.807, 2.05) is 0 Å². The van der Waals surface area contributed by atoms with E-state index in [2.05, 4.69) is 20.0 Å². The number of carbonyl (C=O) groups is 2. The Morgan fingerprint density at radius 2 is 1.78 bits per heavy atom. The van der Waals surface area contributed by atoms with Gasteiger partial charge in [0.25, 0.3) is 10.0 Å². The average Bonchev–Trinajstić information content (AvgIpc) is 3.22. The molecule has 0 saturated heterocycles. The Kier molecular flexibility index (Phi) is 5.83. The number of ketones is 1. The van der Waals surface area contributed by atoms with Crippen molar-refractivity contribution in [1.82, 2.24) is 10.3 Å². The SMILES string of the molecule is CC(=O)c1ccccc1NS(=O)(=O)c1ccc(CNC(=O)C2C=c3cnccc3=N2)cc1. The van der Waals surface area contributed by atoms with Gasteiger partial charge < -0.3 is 5.32 Å². The number of carbonyl (C=O) groups excluding carboxylic acids is 2. The molecule has 9 heteroatoms. The van der Waals surface area contributed by atoms with Crippen molar-refractivity contribution in [3.63, 3.8) is 0 Å². The van der Waals surface area contributed by atoms with E-state index in [-0.39, 0.29) is 28.8 Å². The molecule has 1 unspecified atom stereocenters. The maximum Gasteiger partial charge on any atom is 0.261 e. The number of sulfonamides is 1. The molecule has 2 N–H and O–H groups in total. The molecule has 0 bridgehead atoms. The number of hydrogen-bond donors (Lipinski definition) is 2. The summed E-state index contributed by atoms with van der Waals surface area (Å²) in [5.74, 6) is -0.486. The first kappa shape index (κ1) is 21.4. The molecule has 1 amide bonds. The van der Waals surface area contributed by atoms with E-state index in [0.717, 1.165) is 16.1 Å². The van der Waals surface area contributed by atoms with Crippen LogP contribution in [0.1, 0.15) is 22.8 Å². The summed E-state index contributed by atoms with van der Waals surface area (Å²) in [5, 5.41) is 4.36. The van der Waals surface area contributed by atoms with Gasteiger partial charge >= 0.3 is 0 Å². The van der Waals surface area contributed by atoms with Crippen LogP contribution in [0.4, 0.5) is 5.69 Å². The molecule has 0 saturated carbocycles. The molecule has 1 aliphatic heterocycles. The van der Waals surface area contributed by atoms with Crippen molar-refractivity contribution in [2.45, 2.75) is 24.4 Å². The predicted octanol–water partition coefficient (Wildman–Crippen LogP) is 1.18. The number of fused-ring (bicyclic) bond motifs is 1. The van der Waals surface area contributed by atoms with Gasteiger partial charge in [-0.15, -0.1) is 0 Å². The third-order valence-electron chi connectivity index (χ3n) is 4.96. The fourth-order valence-corrected chi connectivity index (χ4v) is 4.38. The van der Waals surface area contributed by atoms with Crippen molar-refractivity contribution in [3.8, 4) is 0 Å². The Labute approximate surface area is 184 Å². The molecule has 2 aromatic carbocycles. The summed E-state index contributed by atoms with van der Waals surface area (Å²) in [6, 6.07) is 13.7. The minimum atomic E-state index is -3.88. The molecule has 2 heterocycles. The van der Waals surface area contributed by atoms with E-state index in [1.54, 1.807) is 54.9 Å². The van der Waals surface area contributed by atoms with Crippen molar-refractivity contribution in [2.24, 2.45) is 4.99 Å². The number of nitrogens with one attached hydrogen (secondary N) is 2. The van der Waals surface area contributed by atoms with Crippen LogP contribution in [0.15, 0.2) is 76.9 Å². The van der Waals surface area contributed by atoms with Crippen LogP contribution >= 0.6 is 0 Å². The molecule has 1 atom stereocenters. The van der Waals surface area contributed by atoms with Gasteiger partial charge in [0.05, 0.1) is 15.9 Å². The number of Topliss-reactive ketones (excluding diaryl/α,β-unsaturated/α-hetero) is 1. The summed E-state index contributed by atoms with van der Waals surface area (Å²) in [7, 11) is -3.88. The van der Waals surface area contributed by atoms with Crippen LogP contribution < -0.4 is 20.6 Å². The second-order valence-electron chi connectivity index (χ2n) is 7.24. The van der Waals surface area contributed by atoms with Crippen LogP contribution in [0.25, 0.3) is 6.08 Å². The van der Waals surface area contributed by atoms with Gasteiger partial charge in [0.1, 0.15) is 6.04 Å². The van der Waals surface area contributed by atoms with Crippen LogP contribution in [-0.4, -0.2) is 31.1 Å².